The van der Waals surface area contributed by atoms with E-state index in [2.05, 4.69) is 34.6 Å². The van der Waals surface area contributed by atoms with Crippen molar-refractivity contribution in [3.63, 3.8) is 0 Å². The molecule has 0 aromatic carbocycles. The first-order valence-corrected chi connectivity index (χ1v) is 8.27. The maximum atomic E-state index is 10.5. The summed E-state index contributed by atoms with van der Waals surface area (Å²) >= 11 is 1.55. The van der Waals surface area contributed by atoms with E-state index in [1.807, 2.05) is 24.4 Å². The lowest BCUT2D eigenvalue weighted by Gasteiger charge is -2.20. The average molecular weight is 440 g/mol. The second-order valence-electron chi connectivity index (χ2n) is 5.53. The standard InChI is InChI=1S/C15H28N4OS.HI/c1-5-16-14(17-9-7-10-19(3)4)18-12-15(2,20)13-8-6-11-21-13;/h6,8,11,20H,5,7,9-10,12H2,1-4H3,(H2,16,17,18);1H. The van der Waals surface area contributed by atoms with Gasteiger partial charge in [-0.15, -0.1) is 35.3 Å². The normalized spacial score (nSPS) is 14.4. The zero-order valence-electron chi connectivity index (χ0n) is 13.9. The third-order valence-electron chi connectivity index (χ3n) is 3.02. The molecule has 7 heteroatoms. The monoisotopic (exact) mass is 440 g/mol. The molecule has 128 valence electrons. The Labute approximate surface area is 155 Å². The Morgan fingerprint density at radius 1 is 1.41 bits per heavy atom. The summed E-state index contributed by atoms with van der Waals surface area (Å²) in [6, 6.07) is 3.89. The quantitative estimate of drug-likeness (QED) is 0.251. The summed E-state index contributed by atoms with van der Waals surface area (Å²) in [4.78, 5) is 7.59. The molecule has 0 aliphatic rings. The lowest BCUT2D eigenvalue weighted by atomic mass is 10.1. The third-order valence-corrected chi connectivity index (χ3v) is 4.14. The topological polar surface area (TPSA) is 59.9 Å². The first-order chi connectivity index (χ1) is 9.95. The Morgan fingerprint density at radius 3 is 2.68 bits per heavy atom. The molecule has 3 N–H and O–H groups in total. The summed E-state index contributed by atoms with van der Waals surface area (Å²) < 4.78 is 0. The maximum Gasteiger partial charge on any atom is 0.191 e. The van der Waals surface area contributed by atoms with Gasteiger partial charge in [-0.05, 0) is 52.4 Å². The number of thiophene rings is 1. The summed E-state index contributed by atoms with van der Waals surface area (Å²) in [7, 11) is 4.13. The van der Waals surface area contributed by atoms with E-state index >= 15 is 0 Å². The van der Waals surface area contributed by atoms with Gasteiger partial charge in [0.25, 0.3) is 0 Å². The van der Waals surface area contributed by atoms with Crippen LogP contribution < -0.4 is 10.6 Å². The zero-order chi connectivity index (χ0) is 15.7. The Morgan fingerprint density at radius 2 is 2.14 bits per heavy atom. The van der Waals surface area contributed by atoms with Crippen molar-refractivity contribution in [3.8, 4) is 0 Å². The van der Waals surface area contributed by atoms with E-state index in [4.69, 9.17) is 0 Å². The molecule has 1 aromatic heterocycles. The number of nitrogens with one attached hydrogen (secondary N) is 2. The van der Waals surface area contributed by atoms with E-state index in [9.17, 15) is 5.11 Å². The van der Waals surface area contributed by atoms with Crippen LogP contribution in [-0.2, 0) is 5.60 Å². The smallest absolute Gasteiger partial charge is 0.191 e. The second-order valence-corrected chi connectivity index (χ2v) is 6.48. The number of aliphatic imine (C=N–C) groups is 1. The van der Waals surface area contributed by atoms with Crippen molar-refractivity contribution in [2.24, 2.45) is 4.99 Å². The predicted octanol–water partition coefficient (Wildman–Crippen LogP) is 2.08. The van der Waals surface area contributed by atoms with E-state index in [0.717, 1.165) is 36.9 Å². The van der Waals surface area contributed by atoms with Crippen LogP contribution in [0.25, 0.3) is 0 Å². The van der Waals surface area contributed by atoms with Gasteiger partial charge in [0.05, 0.1) is 6.54 Å². The Hall–Kier alpha value is -0.380. The van der Waals surface area contributed by atoms with Gasteiger partial charge in [-0.25, -0.2) is 4.99 Å². The fourth-order valence-corrected chi connectivity index (χ4v) is 2.62. The van der Waals surface area contributed by atoms with Gasteiger partial charge >= 0.3 is 0 Å². The van der Waals surface area contributed by atoms with Crippen molar-refractivity contribution < 1.29 is 5.11 Å². The number of aliphatic hydroxyl groups is 1. The molecule has 1 aromatic rings. The molecule has 1 rings (SSSR count). The van der Waals surface area contributed by atoms with Crippen molar-refractivity contribution in [3.05, 3.63) is 22.4 Å². The van der Waals surface area contributed by atoms with Crippen molar-refractivity contribution in [2.45, 2.75) is 25.9 Å². The summed E-state index contributed by atoms with van der Waals surface area (Å²) in [6.07, 6.45) is 1.05. The SMILES string of the molecule is CCNC(=NCC(C)(O)c1cccs1)NCCCN(C)C.I. The Bertz CT molecular complexity index is 421. The maximum absolute atomic E-state index is 10.5. The molecule has 1 heterocycles. The highest BCUT2D eigenvalue weighted by molar-refractivity contribution is 14.0. The molecule has 0 fully saturated rings. The molecule has 0 aliphatic carbocycles. The molecule has 0 radical (unpaired) electrons. The van der Waals surface area contributed by atoms with Gasteiger partial charge in [0.1, 0.15) is 5.60 Å². The van der Waals surface area contributed by atoms with Gasteiger partial charge in [0.2, 0.25) is 0 Å². The van der Waals surface area contributed by atoms with Crippen LogP contribution in [0.1, 0.15) is 25.1 Å². The minimum absolute atomic E-state index is 0. The van der Waals surface area contributed by atoms with Gasteiger partial charge in [0, 0.05) is 18.0 Å². The molecule has 5 nitrogen and oxygen atoms in total. The van der Waals surface area contributed by atoms with Crippen LogP contribution in [0, 0.1) is 0 Å². The van der Waals surface area contributed by atoms with Crippen molar-refractivity contribution >= 4 is 41.3 Å². The lowest BCUT2D eigenvalue weighted by Crippen LogP contribution is -2.39. The number of halogens is 1. The molecule has 0 saturated heterocycles. The third kappa shape index (κ3) is 8.30. The highest BCUT2D eigenvalue weighted by Crippen LogP contribution is 2.25. The molecule has 1 unspecified atom stereocenters. The van der Waals surface area contributed by atoms with Crippen LogP contribution >= 0.6 is 35.3 Å². The van der Waals surface area contributed by atoms with Gasteiger partial charge in [-0.1, -0.05) is 6.07 Å². The number of guanidine groups is 1. The van der Waals surface area contributed by atoms with Crippen molar-refractivity contribution in [1.82, 2.24) is 15.5 Å². The van der Waals surface area contributed by atoms with Crippen LogP contribution in [0.3, 0.4) is 0 Å². The number of hydrogen-bond donors (Lipinski definition) is 3. The van der Waals surface area contributed by atoms with E-state index in [1.165, 1.54) is 0 Å². The molecule has 0 aliphatic heterocycles. The molecular weight excluding hydrogens is 411 g/mol. The highest BCUT2D eigenvalue weighted by Gasteiger charge is 2.23. The van der Waals surface area contributed by atoms with Gasteiger partial charge < -0.3 is 20.6 Å². The molecule has 22 heavy (non-hydrogen) atoms. The lowest BCUT2D eigenvalue weighted by molar-refractivity contribution is 0.0711. The van der Waals surface area contributed by atoms with Gasteiger partial charge in [-0.2, -0.15) is 0 Å². The van der Waals surface area contributed by atoms with Crippen molar-refractivity contribution in [1.29, 1.82) is 0 Å². The highest BCUT2D eigenvalue weighted by atomic mass is 127. The summed E-state index contributed by atoms with van der Waals surface area (Å²) in [6.45, 7) is 6.90. The molecule has 0 amide bonds. The van der Waals surface area contributed by atoms with Crippen LogP contribution in [0.4, 0.5) is 0 Å². The zero-order valence-corrected chi connectivity index (χ0v) is 17.1. The average Bonchev–Trinajstić information content (AvgIpc) is 2.95. The van der Waals surface area contributed by atoms with E-state index in [-0.39, 0.29) is 24.0 Å². The Balaban J connectivity index is 0.00000441. The van der Waals surface area contributed by atoms with Crippen LogP contribution in [0.2, 0.25) is 0 Å². The summed E-state index contributed by atoms with van der Waals surface area (Å²) in [5, 5.41) is 19.0. The number of hydrogen-bond acceptors (Lipinski definition) is 4. The minimum atomic E-state index is -0.917. The summed E-state index contributed by atoms with van der Waals surface area (Å²) in [5.41, 5.74) is -0.917. The van der Waals surface area contributed by atoms with Crippen LogP contribution in [-0.4, -0.2) is 56.2 Å². The molecular formula is C15H29IN4OS. The largest absolute Gasteiger partial charge is 0.383 e. The first kappa shape index (κ1) is 21.6. The predicted molar refractivity (Wildman–Crippen MR) is 106 cm³/mol. The molecule has 0 spiro atoms. The van der Waals surface area contributed by atoms with Crippen LogP contribution in [0.5, 0.6) is 0 Å². The fourth-order valence-electron chi connectivity index (χ4n) is 1.84. The van der Waals surface area contributed by atoms with Gasteiger partial charge in [0.15, 0.2) is 5.96 Å². The number of rotatable bonds is 8. The van der Waals surface area contributed by atoms with Crippen molar-refractivity contribution in [2.75, 3.05) is 40.3 Å². The molecule has 0 bridgehead atoms. The minimum Gasteiger partial charge on any atom is -0.383 e. The first-order valence-electron chi connectivity index (χ1n) is 7.39. The molecule has 0 saturated carbocycles. The molecule has 1 atom stereocenters. The van der Waals surface area contributed by atoms with E-state index < -0.39 is 5.60 Å². The van der Waals surface area contributed by atoms with Gasteiger partial charge in [-0.3, -0.25) is 0 Å². The fraction of sp³-hybridized carbons (Fsp3) is 0.667. The summed E-state index contributed by atoms with van der Waals surface area (Å²) in [5.74, 6) is 0.757. The van der Waals surface area contributed by atoms with E-state index in [0.29, 0.717) is 6.54 Å². The second kappa shape index (κ2) is 11.2. The van der Waals surface area contributed by atoms with Crippen LogP contribution in [0.15, 0.2) is 22.5 Å². The Kier molecular flexibility index (Phi) is 11.0. The van der Waals surface area contributed by atoms with E-state index in [1.54, 1.807) is 18.3 Å². The number of nitrogens with zero attached hydrogens (tertiary/aromatic N) is 2.